The Kier molecular flexibility index (Phi) is 6.87. The van der Waals surface area contributed by atoms with Crippen LogP contribution in [0, 0.1) is 5.92 Å². The van der Waals surface area contributed by atoms with Crippen LogP contribution in [0.2, 0.25) is 5.02 Å². The number of halogens is 1. The van der Waals surface area contributed by atoms with Crippen LogP contribution >= 0.6 is 11.6 Å². The first kappa shape index (κ1) is 16.5. The predicted octanol–water partition coefficient (Wildman–Crippen LogP) is 4.07. The minimum absolute atomic E-state index is 0.364. The van der Waals surface area contributed by atoms with Gasteiger partial charge in [-0.05, 0) is 45.6 Å². The maximum Gasteiger partial charge on any atom is 0.0817 e. The first-order valence-electron chi connectivity index (χ1n) is 7.42. The molecule has 0 bridgehead atoms. The minimum Gasteiger partial charge on any atom is -0.314 e. The monoisotopic (exact) mass is 285 g/mol. The molecule has 0 aromatic carbocycles. The van der Waals surface area contributed by atoms with Crippen molar-refractivity contribution in [3.05, 3.63) is 16.9 Å². The molecule has 1 aromatic rings. The molecule has 0 fully saturated rings. The zero-order valence-corrected chi connectivity index (χ0v) is 13.7. The number of nitrogens with one attached hydrogen (secondary N) is 1. The standard InChI is InChI=1S/C15H28ClN3/c1-6-9-17-14(11(2)3)7-8-15-13(16)10-18-19(15)12(4)5/h10-12,14,17H,6-9H2,1-5H3. The van der Waals surface area contributed by atoms with Crippen LogP contribution in [0.5, 0.6) is 0 Å². The van der Waals surface area contributed by atoms with Gasteiger partial charge in [-0.2, -0.15) is 5.10 Å². The number of hydrogen-bond donors (Lipinski definition) is 1. The van der Waals surface area contributed by atoms with E-state index in [1.54, 1.807) is 6.20 Å². The van der Waals surface area contributed by atoms with Crippen molar-refractivity contribution in [2.45, 2.75) is 66.0 Å². The van der Waals surface area contributed by atoms with Gasteiger partial charge in [0.05, 0.1) is 16.9 Å². The van der Waals surface area contributed by atoms with Gasteiger partial charge in [0.25, 0.3) is 0 Å². The van der Waals surface area contributed by atoms with Crippen molar-refractivity contribution in [1.82, 2.24) is 15.1 Å². The second-order valence-electron chi connectivity index (χ2n) is 5.82. The van der Waals surface area contributed by atoms with Gasteiger partial charge in [0.2, 0.25) is 0 Å². The van der Waals surface area contributed by atoms with Crippen molar-refractivity contribution in [3.8, 4) is 0 Å². The van der Waals surface area contributed by atoms with E-state index in [-0.39, 0.29) is 0 Å². The molecule has 110 valence electrons. The molecule has 1 atom stereocenters. The average molecular weight is 286 g/mol. The summed E-state index contributed by atoms with van der Waals surface area (Å²) in [6.45, 7) is 12.1. The van der Waals surface area contributed by atoms with Crippen molar-refractivity contribution in [2.24, 2.45) is 5.92 Å². The summed E-state index contributed by atoms with van der Waals surface area (Å²) in [5.74, 6) is 0.640. The summed E-state index contributed by atoms with van der Waals surface area (Å²) in [6.07, 6.45) is 5.03. The van der Waals surface area contributed by atoms with Gasteiger partial charge < -0.3 is 5.32 Å². The summed E-state index contributed by atoms with van der Waals surface area (Å²) in [6, 6.07) is 0.912. The Labute approximate surface area is 122 Å². The molecule has 19 heavy (non-hydrogen) atoms. The molecular formula is C15H28ClN3. The first-order chi connectivity index (χ1) is 8.97. The maximum absolute atomic E-state index is 6.25. The molecule has 1 heterocycles. The molecule has 1 unspecified atom stereocenters. The third kappa shape index (κ3) is 4.81. The first-order valence-corrected chi connectivity index (χ1v) is 7.80. The van der Waals surface area contributed by atoms with Gasteiger partial charge in [0.1, 0.15) is 0 Å². The average Bonchev–Trinajstić information content (AvgIpc) is 2.70. The Morgan fingerprint density at radius 1 is 1.32 bits per heavy atom. The molecule has 0 aliphatic rings. The Balaban J connectivity index is 2.65. The Bertz CT molecular complexity index is 371. The molecule has 1 rings (SSSR count). The SMILES string of the molecule is CCCNC(CCc1c(Cl)cnn1C(C)C)C(C)C. The lowest BCUT2D eigenvalue weighted by atomic mass is 9.98. The Morgan fingerprint density at radius 3 is 2.53 bits per heavy atom. The van der Waals surface area contributed by atoms with E-state index in [0.717, 1.165) is 24.4 Å². The van der Waals surface area contributed by atoms with Crippen LogP contribution in [0.4, 0.5) is 0 Å². The fourth-order valence-corrected chi connectivity index (χ4v) is 2.56. The molecule has 4 heteroatoms. The summed E-state index contributed by atoms with van der Waals surface area (Å²) < 4.78 is 2.04. The Hall–Kier alpha value is -0.540. The molecular weight excluding hydrogens is 258 g/mol. The van der Waals surface area contributed by atoms with Gasteiger partial charge in [-0.3, -0.25) is 4.68 Å². The molecule has 0 spiro atoms. The highest BCUT2D eigenvalue weighted by Crippen LogP contribution is 2.22. The minimum atomic E-state index is 0.364. The van der Waals surface area contributed by atoms with Gasteiger partial charge in [-0.25, -0.2) is 0 Å². The van der Waals surface area contributed by atoms with Gasteiger partial charge in [0, 0.05) is 12.1 Å². The third-order valence-corrected chi connectivity index (χ3v) is 3.81. The molecule has 0 radical (unpaired) electrons. The van der Waals surface area contributed by atoms with E-state index < -0.39 is 0 Å². The number of rotatable bonds is 8. The summed E-state index contributed by atoms with van der Waals surface area (Å²) in [4.78, 5) is 0. The second-order valence-corrected chi connectivity index (χ2v) is 6.23. The van der Waals surface area contributed by atoms with Crippen molar-refractivity contribution in [3.63, 3.8) is 0 Å². The van der Waals surface area contributed by atoms with Gasteiger partial charge in [-0.15, -0.1) is 0 Å². The molecule has 0 saturated carbocycles. The van der Waals surface area contributed by atoms with E-state index >= 15 is 0 Å². The smallest absolute Gasteiger partial charge is 0.0817 e. The number of aromatic nitrogens is 2. The lowest BCUT2D eigenvalue weighted by Crippen LogP contribution is -2.35. The normalized spacial score (nSPS) is 13.5. The zero-order chi connectivity index (χ0) is 14.4. The van der Waals surface area contributed by atoms with Gasteiger partial charge in [-0.1, -0.05) is 32.4 Å². The van der Waals surface area contributed by atoms with Crippen LogP contribution < -0.4 is 5.32 Å². The predicted molar refractivity (Wildman–Crippen MR) is 82.9 cm³/mol. The maximum atomic E-state index is 6.25. The fraction of sp³-hybridized carbons (Fsp3) is 0.800. The summed E-state index contributed by atoms with van der Waals surface area (Å²) in [7, 11) is 0. The van der Waals surface area contributed by atoms with E-state index in [1.165, 1.54) is 12.1 Å². The highest BCUT2D eigenvalue weighted by molar-refractivity contribution is 6.31. The van der Waals surface area contributed by atoms with Crippen LogP contribution in [0.3, 0.4) is 0 Å². The van der Waals surface area contributed by atoms with E-state index in [1.807, 2.05) is 4.68 Å². The molecule has 0 aliphatic heterocycles. The van der Waals surface area contributed by atoms with Gasteiger partial charge >= 0.3 is 0 Å². The van der Waals surface area contributed by atoms with Crippen LogP contribution in [-0.4, -0.2) is 22.4 Å². The summed E-state index contributed by atoms with van der Waals surface area (Å²) >= 11 is 6.25. The van der Waals surface area contributed by atoms with Crippen LogP contribution in [0.25, 0.3) is 0 Å². The fourth-order valence-electron chi connectivity index (χ4n) is 2.34. The molecule has 0 amide bonds. The van der Waals surface area contributed by atoms with E-state index in [9.17, 15) is 0 Å². The molecule has 0 aliphatic carbocycles. The molecule has 3 nitrogen and oxygen atoms in total. The van der Waals surface area contributed by atoms with E-state index in [4.69, 9.17) is 11.6 Å². The van der Waals surface area contributed by atoms with E-state index in [0.29, 0.717) is 18.0 Å². The molecule has 1 aromatic heterocycles. The van der Waals surface area contributed by atoms with Gasteiger partial charge in [0.15, 0.2) is 0 Å². The summed E-state index contributed by atoms with van der Waals surface area (Å²) in [5, 5.41) is 8.79. The number of hydrogen-bond acceptors (Lipinski definition) is 2. The van der Waals surface area contributed by atoms with Crippen LogP contribution in [0.15, 0.2) is 6.20 Å². The number of nitrogens with zero attached hydrogens (tertiary/aromatic N) is 2. The van der Waals surface area contributed by atoms with Crippen LogP contribution in [-0.2, 0) is 6.42 Å². The highest BCUT2D eigenvalue weighted by Gasteiger charge is 2.16. The van der Waals surface area contributed by atoms with Crippen molar-refractivity contribution in [2.75, 3.05) is 6.54 Å². The van der Waals surface area contributed by atoms with Crippen molar-refractivity contribution in [1.29, 1.82) is 0 Å². The van der Waals surface area contributed by atoms with Crippen molar-refractivity contribution >= 4 is 11.6 Å². The quantitative estimate of drug-likeness (QED) is 0.780. The van der Waals surface area contributed by atoms with Crippen LogP contribution in [0.1, 0.15) is 59.2 Å². The highest BCUT2D eigenvalue weighted by atomic mass is 35.5. The molecule has 1 N–H and O–H groups in total. The third-order valence-electron chi connectivity index (χ3n) is 3.49. The second kappa shape index (κ2) is 7.91. The zero-order valence-electron chi connectivity index (χ0n) is 12.9. The summed E-state index contributed by atoms with van der Waals surface area (Å²) in [5.41, 5.74) is 1.17. The molecule has 0 saturated heterocycles. The Morgan fingerprint density at radius 2 is 2.00 bits per heavy atom. The van der Waals surface area contributed by atoms with Crippen molar-refractivity contribution < 1.29 is 0 Å². The largest absolute Gasteiger partial charge is 0.314 e. The lowest BCUT2D eigenvalue weighted by Gasteiger charge is -2.23. The van der Waals surface area contributed by atoms with E-state index in [2.05, 4.69) is 45.0 Å². The lowest BCUT2D eigenvalue weighted by molar-refractivity contribution is 0.372. The topological polar surface area (TPSA) is 29.9 Å².